The second kappa shape index (κ2) is 11.8. The summed E-state index contributed by atoms with van der Waals surface area (Å²) in [6, 6.07) is 27.3. The maximum absolute atomic E-state index is 13.8. The Bertz CT molecular complexity index is 1910. The molecule has 0 bridgehead atoms. The van der Waals surface area contributed by atoms with Crippen molar-refractivity contribution < 1.29 is 9.47 Å². The van der Waals surface area contributed by atoms with Crippen molar-refractivity contribution in [2.24, 2.45) is 0 Å². The summed E-state index contributed by atoms with van der Waals surface area (Å²) < 4.78 is 12.5. The van der Waals surface area contributed by atoms with Gasteiger partial charge in [-0.3, -0.25) is 9.36 Å². The van der Waals surface area contributed by atoms with E-state index in [0.717, 1.165) is 27.9 Å². The first-order chi connectivity index (χ1) is 20.2. The molecule has 0 aliphatic rings. The van der Waals surface area contributed by atoms with Gasteiger partial charge in [0.05, 0.1) is 30.8 Å². The van der Waals surface area contributed by atoms with Gasteiger partial charge in [-0.2, -0.15) is 0 Å². The van der Waals surface area contributed by atoms with Gasteiger partial charge in [-0.15, -0.1) is 0 Å². The summed E-state index contributed by atoms with van der Waals surface area (Å²) in [6.45, 7) is 8.59. The fourth-order valence-corrected chi connectivity index (χ4v) is 4.80. The summed E-state index contributed by atoms with van der Waals surface area (Å²) in [5, 5.41) is 0.558. The first-order valence-corrected chi connectivity index (χ1v) is 13.8. The Morgan fingerprint density at radius 3 is 2.17 bits per heavy atom. The number of para-hydroxylation sites is 1. The second-order valence-corrected chi connectivity index (χ2v) is 11.2. The third kappa shape index (κ3) is 5.99. The summed E-state index contributed by atoms with van der Waals surface area (Å²) in [6.07, 6.45) is 3.76. The lowest BCUT2D eigenvalue weighted by atomic mass is 9.87. The van der Waals surface area contributed by atoms with Gasteiger partial charge in [-0.05, 0) is 89.7 Å². The van der Waals surface area contributed by atoms with Crippen LogP contribution >= 0.6 is 0 Å². The van der Waals surface area contributed by atoms with E-state index in [-0.39, 0.29) is 11.0 Å². The van der Waals surface area contributed by atoms with Crippen molar-refractivity contribution in [3.8, 4) is 29.0 Å². The zero-order chi connectivity index (χ0) is 29.9. The van der Waals surface area contributed by atoms with Gasteiger partial charge >= 0.3 is 0 Å². The molecule has 0 saturated heterocycles. The minimum absolute atomic E-state index is 0.101. The topological polar surface area (TPSA) is 53.3 Å². The Morgan fingerprint density at radius 2 is 1.48 bits per heavy atom. The Balaban J connectivity index is 1.54. The Kier molecular flexibility index (Phi) is 7.99. The molecule has 1 heterocycles. The normalized spacial score (nSPS) is 11.4. The van der Waals surface area contributed by atoms with E-state index in [4.69, 9.17) is 14.5 Å². The zero-order valence-electron chi connectivity index (χ0n) is 24.9. The van der Waals surface area contributed by atoms with Gasteiger partial charge in [-0.1, -0.05) is 69.0 Å². The molecule has 0 aliphatic heterocycles. The van der Waals surface area contributed by atoms with E-state index in [1.54, 1.807) is 18.8 Å². The van der Waals surface area contributed by atoms with Crippen LogP contribution in [-0.2, 0) is 5.41 Å². The molecule has 5 nitrogen and oxygen atoms in total. The summed E-state index contributed by atoms with van der Waals surface area (Å²) >= 11 is 0. The van der Waals surface area contributed by atoms with Crippen LogP contribution in [0.3, 0.4) is 0 Å². The minimum Gasteiger partial charge on any atom is -0.493 e. The summed E-state index contributed by atoms with van der Waals surface area (Å²) in [7, 11) is 3.21. The van der Waals surface area contributed by atoms with Crippen LogP contribution in [0, 0.1) is 18.8 Å². The number of ether oxygens (including phenoxy) is 2. The molecular weight excluding hydrogens is 520 g/mol. The number of benzene rings is 4. The highest BCUT2D eigenvalue weighted by atomic mass is 16.5. The number of fused-ring (bicyclic) bond motifs is 1. The fourth-order valence-electron chi connectivity index (χ4n) is 4.80. The number of methoxy groups -OCH3 is 2. The van der Waals surface area contributed by atoms with E-state index in [9.17, 15) is 4.79 Å². The van der Waals surface area contributed by atoms with Crippen LogP contribution in [0.25, 0.3) is 28.7 Å². The Labute approximate surface area is 247 Å². The quantitative estimate of drug-likeness (QED) is 0.210. The van der Waals surface area contributed by atoms with Gasteiger partial charge in [0.1, 0.15) is 5.82 Å². The summed E-state index contributed by atoms with van der Waals surface area (Å²) in [5.41, 5.74) is 6.29. The highest BCUT2D eigenvalue weighted by molar-refractivity contribution is 5.80. The van der Waals surface area contributed by atoms with Crippen LogP contribution in [0.4, 0.5) is 0 Å². The molecule has 0 unspecified atom stereocenters. The average Bonchev–Trinajstić information content (AvgIpc) is 2.99. The molecular formula is C37H34N2O3. The molecule has 0 radical (unpaired) electrons. The van der Waals surface area contributed by atoms with Gasteiger partial charge in [0.15, 0.2) is 11.5 Å². The third-order valence-electron chi connectivity index (χ3n) is 7.17. The van der Waals surface area contributed by atoms with Crippen LogP contribution in [-0.4, -0.2) is 23.8 Å². The predicted octanol–water partition coefficient (Wildman–Crippen LogP) is 7.58. The number of hydrogen-bond donors (Lipinski definition) is 0. The number of aryl methyl sites for hydroxylation is 1. The molecule has 0 amide bonds. The minimum atomic E-state index is -0.131. The van der Waals surface area contributed by atoms with E-state index in [1.807, 2.05) is 79.7 Å². The lowest BCUT2D eigenvalue weighted by Crippen LogP contribution is -2.23. The van der Waals surface area contributed by atoms with Gasteiger partial charge in [-0.25, -0.2) is 4.98 Å². The van der Waals surface area contributed by atoms with E-state index in [1.165, 1.54) is 5.56 Å². The monoisotopic (exact) mass is 554 g/mol. The first kappa shape index (κ1) is 28.4. The van der Waals surface area contributed by atoms with E-state index in [2.05, 4.69) is 56.9 Å². The zero-order valence-corrected chi connectivity index (χ0v) is 24.9. The molecule has 5 heteroatoms. The van der Waals surface area contributed by atoms with Crippen LogP contribution < -0.4 is 15.0 Å². The van der Waals surface area contributed by atoms with Crippen molar-refractivity contribution in [1.82, 2.24) is 9.55 Å². The van der Waals surface area contributed by atoms with Gasteiger partial charge in [0, 0.05) is 11.1 Å². The van der Waals surface area contributed by atoms with E-state index in [0.29, 0.717) is 28.2 Å². The van der Waals surface area contributed by atoms with Crippen molar-refractivity contribution in [3.05, 3.63) is 129 Å². The standard InChI is InChI=1S/C37H34N2O3/c1-25-23-27(12-11-26-13-18-29(19-14-26)37(2,3)4)15-20-32(25)39-35(38-31-10-8-7-9-30(31)36(39)40)22-17-28-16-21-33(41-5)34(24-28)42-6/h7-10,13-24H,1-6H3/b22-17+. The molecule has 5 aromatic rings. The molecule has 210 valence electrons. The van der Waals surface area contributed by atoms with Crippen molar-refractivity contribution in [2.45, 2.75) is 33.1 Å². The highest BCUT2D eigenvalue weighted by Crippen LogP contribution is 2.28. The SMILES string of the molecule is COc1ccc(/C=C/c2nc3ccccc3c(=O)n2-c2ccc(C#Cc3ccc(C(C)(C)C)cc3)cc2C)cc1OC. The largest absolute Gasteiger partial charge is 0.493 e. The van der Waals surface area contributed by atoms with E-state index >= 15 is 0 Å². The second-order valence-electron chi connectivity index (χ2n) is 11.2. The van der Waals surface area contributed by atoms with Crippen LogP contribution in [0.2, 0.25) is 0 Å². The maximum Gasteiger partial charge on any atom is 0.266 e. The molecule has 0 fully saturated rings. The van der Waals surface area contributed by atoms with Crippen LogP contribution in [0.1, 0.15) is 54.4 Å². The van der Waals surface area contributed by atoms with Crippen molar-refractivity contribution in [2.75, 3.05) is 14.2 Å². The third-order valence-corrected chi connectivity index (χ3v) is 7.17. The molecule has 0 aliphatic carbocycles. The number of aromatic nitrogens is 2. The van der Waals surface area contributed by atoms with Crippen molar-refractivity contribution in [3.63, 3.8) is 0 Å². The number of nitrogens with zero attached hydrogens (tertiary/aromatic N) is 2. The average molecular weight is 555 g/mol. The molecule has 4 aromatic carbocycles. The van der Waals surface area contributed by atoms with Gasteiger partial charge in [0.25, 0.3) is 5.56 Å². The number of hydrogen-bond acceptors (Lipinski definition) is 4. The van der Waals surface area contributed by atoms with Gasteiger partial charge in [0.2, 0.25) is 0 Å². The molecule has 5 rings (SSSR count). The van der Waals surface area contributed by atoms with Crippen LogP contribution in [0.15, 0.2) is 89.7 Å². The van der Waals surface area contributed by atoms with Gasteiger partial charge < -0.3 is 9.47 Å². The molecule has 1 aromatic heterocycles. The first-order valence-electron chi connectivity index (χ1n) is 13.8. The lowest BCUT2D eigenvalue weighted by Gasteiger charge is -2.18. The summed E-state index contributed by atoms with van der Waals surface area (Å²) in [4.78, 5) is 18.7. The maximum atomic E-state index is 13.8. The number of rotatable bonds is 5. The van der Waals surface area contributed by atoms with Crippen LogP contribution in [0.5, 0.6) is 11.5 Å². The molecule has 0 N–H and O–H groups in total. The molecule has 0 saturated carbocycles. The fraction of sp³-hybridized carbons (Fsp3) is 0.189. The molecule has 0 spiro atoms. The highest BCUT2D eigenvalue weighted by Gasteiger charge is 2.14. The molecule has 42 heavy (non-hydrogen) atoms. The lowest BCUT2D eigenvalue weighted by molar-refractivity contribution is 0.355. The van der Waals surface area contributed by atoms with E-state index < -0.39 is 0 Å². The van der Waals surface area contributed by atoms with Crippen molar-refractivity contribution >= 4 is 23.1 Å². The Morgan fingerprint density at radius 1 is 0.786 bits per heavy atom. The molecule has 0 atom stereocenters. The predicted molar refractivity (Wildman–Crippen MR) is 172 cm³/mol. The smallest absolute Gasteiger partial charge is 0.266 e. The Hall–Kier alpha value is -5.08. The summed E-state index contributed by atoms with van der Waals surface area (Å²) in [5.74, 6) is 8.34. The van der Waals surface area contributed by atoms with Crippen molar-refractivity contribution in [1.29, 1.82) is 0 Å².